The fourth-order valence-electron chi connectivity index (χ4n) is 1.67. The van der Waals surface area contributed by atoms with Crippen LogP contribution in [-0.2, 0) is 11.3 Å². The molecule has 1 aromatic rings. The van der Waals surface area contributed by atoms with Crippen molar-refractivity contribution in [3.8, 4) is 0 Å². The summed E-state index contributed by atoms with van der Waals surface area (Å²) in [5, 5.41) is 2.86. The molecule has 3 N–H and O–H groups in total. The number of hydrogen-bond donors (Lipinski definition) is 2. The van der Waals surface area contributed by atoms with Gasteiger partial charge in [-0.05, 0) is 31.0 Å². The average Bonchev–Trinajstić information content (AvgIpc) is 2.75. The van der Waals surface area contributed by atoms with Gasteiger partial charge in [-0.15, -0.1) is 0 Å². The maximum Gasteiger partial charge on any atom is 0.223 e. The van der Waals surface area contributed by atoms with Crippen LogP contribution in [-0.4, -0.2) is 12.5 Å². The maximum atomic E-state index is 11.9. The van der Waals surface area contributed by atoms with Crippen molar-refractivity contribution in [2.75, 3.05) is 6.54 Å². The number of carbonyl (C=O) groups excluding carboxylic acids is 1. The molecule has 4 heteroatoms. The van der Waals surface area contributed by atoms with Gasteiger partial charge in [0, 0.05) is 5.92 Å². The van der Waals surface area contributed by atoms with Crippen LogP contribution in [0.15, 0.2) is 22.8 Å². The largest absolute Gasteiger partial charge is 0.467 e. The fourth-order valence-corrected chi connectivity index (χ4v) is 1.67. The highest BCUT2D eigenvalue weighted by Gasteiger charge is 2.20. The normalized spacial score (nSPS) is 12.8. The topological polar surface area (TPSA) is 68.3 Å². The Balaban J connectivity index is 2.43. The van der Waals surface area contributed by atoms with E-state index < -0.39 is 0 Å². The predicted molar refractivity (Wildman–Crippen MR) is 62.6 cm³/mol. The van der Waals surface area contributed by atoms with Gasteiger partial charge in [0.1, 0.15) is 5.76 Å². The first-order valence-corrected chi connectivity index (χ1v) is 5.65. The molecule has 0 saturated heterocycles. The van der Waals surface area contributed by atoms with Crippen LogP contribution < -0.4 is 11.1 Å². The molecule has 0 aliphatic rings. The summed E-state index contributed by atoms with van der Waals surface area (Å²) in [5.41, 5.74) is 5.50. The molecule has 1 rings (SSSR count). The van der Waals surface area contributed by atoms with Crippen molar-refractivity contribution in [2.45, 2.75) is 26.8 Å². The average molecular weight is 224 g/mol. The Bertz CT molecular complexity index is 307. The van der Waals surface area contributed by atoms with E-state index in [1.165, 1.54) is 0 Å². The van der Waals surface area contributed by atoms with Crippen LogP contribution in [0.1, 0.15) is 26.0 Å². The third-order valence-corrected chi connectivity index (χ3v) is 2.64. The highest BCUT2D eigenvalue weighted by Crippen LogP contribution is 2.14. The second-order valence-corrected chi connectivity index (χ2v) is 4.23. The van der Waals surface area contributed by atoms with Crippen LogP contribution in [0.5, 0.6) is 0 Å². The van der Waals surface area contributed by atoms with Gasteiger partial charge < -0.3 is 15.5 Å². The number of amides is 1. The van der Waals surface area contributed by atoms with Gasteiger partial charge in [-0.3, -0.25) is 4.79 Å². The van der Waals surface area contributed by atoms with Crippen molar-refractivity contribution >= 4 is 5.91 Å². The molecule has 0 radical (unpaired) electrons. The minimum absolute atomic E-state index is 0.0139. The van der Waals surface area contributed by atoms with Gasteiger partial charge in [0.25, 0.3) is 0 Å². The molecule has 90 valence electrons. The predicted octanol–water partition coefficient (Wildman–Crippen LogP) is 1.52. The van der Waals surface area contributed by atoms with Gasteiger partial charge >= 0.3 is 0 Å². The van der Waals surface area contributed by atoms with E-state index in [0.29, 0.717) is 19.0 Å². The summed E-state index contributed by atoms with van der Waals surface area (Å²) in [6.45, 7) is 5.05. The third-order valence-electron chi connectivity index (χ3n) is 2.64. The van der Waals surface area contributed by atoms with Crippen LogP contribution >= 0.6 is 0 Å². The first-order valence-electron chi connectivity index (χ1n) is 5.65. The lowest BCUT2D eigenvalue weighted by molar-refractivity contribution is -0.126. The summed E-state index contributed by atoms with van der Waals surface area (Å²) in [5.74, 6) is 1.11. The molecular formula is C12H20N2O2. The molecule has 0 fully saturated rings. The van der Waals surface area contributed by atoms with Gasteiger partial charge in [-0.2, -0.15) is 0 Å². The third kappa shape index (κ3) is 3.70. The van der Waals surface area contributed by atoms with Gasteiger partial charge in [-0.25, -0.2) is 0 Å². The molecule has 4 nitrogen and oxygen atoms in total. The number of nitrogens with one attached hydrogen (secondary N) is 1. The van der Waals surface area contributed by atoms with Crippen LogP contribution in [0, 0.1) is 11.8 Å². The SMILES string of the molecule is CC(C)C(CCN)C(=O)NCc1ccco1. The molecule has 0 aromatic carbocycles. The number of hydrogen-bond acceptors (Lipinski definition) is 3. The van der Waals surface area contributed by atoms with Gasteiger partial charge in [0.05, 0.1) is 12.8 Å². The lowest BCUT2D eigenvalue weighted by Gasteiger charge is -2.19. The number of rotatable bonds is 6. The van der Waals surface area contributed by atoms with Gasteiger partial charge in [-0.1, -0.05) is 13.8 Å². The fraction of sp³-hybridized carbons (Fsp3) is 0.583. The quantitative estimate of drug-likeness (QED) is 0.769. The van der Waals surface area contributed by atoms with E-state index in [2.05, 4.69) is 5.32 Å². The molecule has 0 bridgehead atoms. The molecular weight excluding hydrogens is 204 g/mol. The summed E-state index contributed by atoms with van der Waals surface area (Å²) in [6.07, 6.45) is 2.32. The minimum Gasteiger partial charge on any atom is -0.467 e. The summed E-state index contributed by atoms with van der Waals surface area (Å²) in [4.78, 5) is 11.9. The lowest BCUT2D eigenvalue weighted by atomic mass is 9.91. The Hall–Kier alpha value is -1.29. The molecule has 0 aliphatic heterocycles. The Morgan fingerprint density at radius 2 is 2.31 bits per heavy atom. The summed E-state index contributed by atoms with van der Waals surface area (Å²) in [7, 11) is 0. The molecule has 1 amide bonds. The molecule has 16 heavy (non-hydrogen) atoms. The van der Waals surface area contributed by atoms with E-state index in [4.69, 9.17) is 10.2 Å². The first kappa shape index (κ1) is 12.8. The molecule has 0 spiro atoms. The Morgan fingerprint density at radius 3 is 2.81 bits per heavy atom. The van der Waals surface area contributed by atoms with Crippen LogP contribution in [0.4, 0.5) is 0 Å². The molecule has 1 heterocycles. The van der Waals surface area contributed by atoms with Gasteiger partial charge in [0.15, 0.2) is 0 Å². The number of carbonyl (C=O) groups is 1. The van der Waals surface area contributed by atoms with E-state index >= 15 is 0 Å². The molecule has 0 aliphatic carbocycles. The zero-order chi connectivity index (χ0) is 12.0. The molecule has 1 atom stereocenters. The standard InChI is InChI=1S/C12H20N2O2/c1-9(2)11(5-6-13)12(15)14-8-10-4-3-7-16-10/h3-4,7,9,11H,5-6,8,13H2,1-2H3,(H,14,15). The Morgan fingerprint density at radius 1 is 1.56 bits per heavy atom. The second kappa shape index (κ2) is 6.33. The minimum atomic E-state index is -0.0139. The number of nitrogens with two attached hydrogens (primary N) is 1. The second-order valence-electron chi connectivity index (χ2n) is 4.23. The van der Waals surface area contributed by atoms with E-state index in [1.54, 1.807) is 12.3 Å². The van der Waals surface area contributed by atoms with E-state index in [-0.39, 0.29) is 11.8 Å². The Labute approximate surface area is 96.2 Å². The summed E-state index contributed by atoms with van der Waals surface area (Å²) >= 11 is 0. The van der Waals surface area contributed by atoms with E-state index in [0.717, 1.165) is 12.2 Å². The maximum absolute atomic E-state index is 11.9. The number of furan rings is 1. The van der Waals surface area contributed by atoms with Crippen molar-refractivity contribution in [1.82, 2.24) is 5.32 Å². The lowest BCUT2D eigenvalue weighted by Crippen LogP contribution is -2.34. The molecule has 0 saturated carbocycles. The first-order chi connectivity index (χ1) is 7.65. The van der Waals surface area contributed by atoms with Crippen LogP contribution in [0.2, 0.25) is 0 Å². The van der Waals surface area contributed by atoms with Crippen molar-refractivity contribution in [1.29, 1.82) is 0 Å². The van der Waals surface area contributed by atoms with Crippen LogP contribution in [0.3, 0.4) is 0 Å². The summed E-state index contributed by atoms with van der Waals surface area (Å²) < 4.78 is 5.14. The van der Waals surface area contributed by atoms with Crippen molar-refractivity contribution < 1.29 is 9.21 Å². The van der Waals surface area contributed by atoms with E-state index in [1.807, 2.05) is 19.9 Å². The highest BCUT2D eigenvalue weighted by molar-refractivity contribution is 5.78. The smallest absolute Gasteiger partial charge is 0.223 e. The van der Waals surface area contributed by atoms with E-state index in [9.17, 15) is 4.79 Å². The van der Waals surface area contributed by atoms with Crippen molar-refractivity contribution in [2.24, 2.45) is 17.6 Å². The van der Waals surface area contributed by atoms with Gasteiger partial charge in [0.2, 0.25) is 5.91 Å². The van der Waals surface area contributed by atoms with Crippen molar-refractivity contribution in [3.05, 3.63) is 24.2 Å². The zero-order valence-electron chi connectivity index (χ0n) is 9.90. The monoisotopic (exact) mass is 224 g/mol. The summed E-state index contributed by atoms with van der Waals surface area (Å²) in [6, 6.07) is 3.65. The zero-order valence-corrected chi connectivity index (χ0v) is 9.90. The van der Waals surface area contributed by atoms with Crippen molar-refractivity contribution in [3.63, 3.8) is 0 Å². The molecule has 1 aromatic heterocycles. The Kier molecular flexibility index (Phi) is 5.05. The van der Waals surface area contributed by atoms with Crippen LogP contribution in [0.25, 0.3) is 0 Å². The highest BCUT2D eigenvalue weighted by atomic mass is 16.3. The molecule has 1 unspecified atom stereocenters.